The van der Waals surface area contributed by atoms with Crippen molar-refractivity contribution in [2.45, 2.75) is 83.0 Å². The van der Waals surface area contributed by atoms with E-state index in [-0.39, 0.29) is 30.0 Å². The molecule has 0 aromatic rings. The number of likely N-dealkylation sites (tertiary alicyclic amines) is 1. The van der Waals surface area contributed by atoms with E-state index in [1.165, 1.54) is 12.8 Å². The number of ether oxygens (including phenoxy) is 2. The van der Waals surface area contributed by atoms with Crippen molar-refractivity contribution in [3.05, 3.63) is 0 Å². The Morgan fingerprint density at radius 2 is 1.79 bits per heavy atom. The van der Waals surface area contributed by atoms with Gasteiger partial charge in [-0.1, -0.05) is 6.92 Å². The first-order chi connectivity index (χ1) is 11.6. The molecule has 2 saturated carbocycles. The molecule has 0 aromatic carbocycles. The molecule has 3 atom stereocenters. The zero-order valence-corrected chi connectivity index (χ0v) is 15.0. The quantitative estimate of drug-likeness (QED) is 0.740. The maximum atomic E-state index is 12.5. The van der Waals surface area contributed by atoms with Crippen LogP contribution in [0, 0.1) is 11.8 Å². The molecule has 1 heterocycles. The second-order valence-electron chi connectivity index (χ2n) is 7.94. The maximum absolute atomic E-state index is 12.5. The molecular formula is C19H31NO4. The van der Waals surface area contributed by atoms with E-state index in [0.717, 1.165) is 44.4 Å². The summed E-state index contributed by atoms with van der Waals surface area (Å²) in [6, 6.07) is 0.332. The molecule has 1 amide bonds. The molecule has 5 heteroatoms. The van der Waals surface area contributed by atoms with E-state index in [0.29, 0.717) is 19.0 Å². The first kappa shape index (κ1) is 17.7. The molecule has 3 rings (SSSR count). The zero-order valence-electron chi connectivity index (χ0n) is 15.0. The lowest BCUT2D eigenvalue weighted by Crippen LogP contribution is -2.39. The molecule has 2 aliphatic carbocycles. The molecule has 1 saturated heterocycles. The van der Waals surface area contributed by atoms with Crippen molar-refractivity contribution >= 4 is 11.9 Å². The lowest BCUT2D eigenvalue weighted by molar-refractivity contribution is -0.157. The predicted molar refractivity (Wildman–Crippen MR) is 90.4 cm³/mol. The number of amides is 1. The third kappa shape index (κ3) is 4.11. The lowest BCUT2D eigenvalue weighted by atomic mass is 9.87. The summed E-state index contributed by atoms with van der Waals surface area (Å²) < 4.78 is 11.1. The number of nitrogens with zero attached hydrogens (tertiary/aromatic N) is 1. The van der Waals surface area contributed by atoms with Crippen molar-refractivity contribution in [3.63, 3.8) is 0 Å². The van der Waals surface area contributed by atoms with Crippen molar-refractivity contribution in [2.24, 2.45) is 11.8 Å². The van der Waals surface area contributed by atoms with Crippen LogP contribution in [0.1, 0.15) is 64.7 Å². The molecule has 5 nitrogen and oxygen atoms in total. The van der Waals surface area contributed by atoms with E-state index in [1.807, 2.05) is 4.90 Å². The van der Waals surface area contributed by atoms with Gasteiger partial charge >= 0.3 is 5.97 Å². The van der Waals surface area contributed by atoms with Crippen molar-refractivity contribution < 1.29 is 19.1 Å². The minimum atomic E-state index is -0.278. The third-order valence-electron chi connectivity index (χ3n) is 6.11. The Bertz CT molecular complexity index is 458. The summed E-state index contributed by atoms with van der Waals surface area (Å²) in [4.78, 5) is 26.8. The average molecular weight is 337 g/mol. The average Bonchev–Trinajstić information content (AvgIpc) is 2.98. The van der Waals surface area contributed by atoms with Crippen LogP contribution in [0.25, 0.3) is 0 Å². The van der Waals surface area contributed by atoms with Gasteiger partial charge in [0, 0.05) is 32.5 Å². The van der Waals surface area contributed by atoms with Gasteiger partial charge in [0.25, 0.3) is 0 Å². The van der Waals surface area contributed by atoms with Gasteiger partial charge in [-0.3, -0.25) is 9.59 Å². The van der Waals surface area contributed by atoms with Gasteiger partial charge in [0.05, 0.1) is 12.0 Å². The summed E-state index contributed by atoms with van der Waals surface area (Å²) in [5, 5.41) is 0. The molecule has 24 heavy (non-hydrogen) atoms. The fourth-order valence-electron chi connectivity index (χ4n) is 4.48. The molecule has 0 aromatic heterocycles. The number of hydrogen-bond donors (Lipinski definition) is 0. The van der Waals surface area contributed by atoms with Gasteiger partial charge in [-0.05, 0) is 50.9 Å². The van der Waals surface area contributed by atoms with Gasteiger partial charge in [0.1, 0.15) is 6.10 Å². The first-order valence-electron chi connectivity index (χ1n) is 9.59. The standard InChI is InChI=1S/C19H31NO4/c1-13-6-8-15(9-7-13)20-12-14(10-18(20)21)19(22)24-17-5-3-4-16(11-17)23-2/h13-17H,3-12H2,1-2H3/t13?,14-,15?,16+,17+/m0/s1. The number of rotatable bonds is 4. The van der Waals surface area contributed by atoms with Crippen molar-refractivity contribution in [2.75, 3.05) is 13.7 Å². The van der Waals surface area contributed by atoms with Crippen molar-refractivity contribution in [3.8, 4) is 0 Å². The summed E-state index contributed by atoms with van der Waals surface area (Å²) in [5.74, 6) is 0.436. The Kier molecular flexibility index (Phi) is 5.80. The van der Waals surface area contributed by atoms with E-state index in [4.69, 9.17) is 9.47 Å². The van der Waals surface area contributed by atoms with E-state index in [2.05, 4.69) is 6.92 Å². The van der Waals surface area contributed by atoms with Gasteiger partial charge in [-0.2, -0.15) is 0 Å². The topological polar surface area (TPSA) is 55.8 Å². The zero-order chi connectivity index (χ0) is 17.1. The highest BCUT2D eigenvalue weighted by molar-refractivity contribution is 5.87. The molecule has 3 fully saturated rings. The molecule has 0 spiro atoms. The molecule has 0 unspecified atom stereocenters. The van der Waals surface area contributed by atoms with E-state index in [1.54, 1.807) is 7.11 Å². The van der Waals surface area contributed by atoms with Crippen LogP contribution in [0.5, 0.6) is 0 Å². The highest BCUT2D eigenvalue weighted by Gasteiger charge is 2.40. The van der Waals surface area contributed by atoms with Crippen LogP contribution in [-0.4, -0.2) is 48.7 Å². The van der Waals surface area contributed by atoms with Crippen LogP contribution in [-0.2, 0) is 19.1 Å². The highest BCUT2D eigenvalue weighted by Crippen LogP contribution is 2.32. The monoisotopic (exact) mass is 337 g/mol. The summed E-state index contributed by atoms with van der Waals surface area (Å²) >= 11 is 0. The molecule has 3 aliphatic rings. The smallest absolute Gasteiger partial charge is 0.311 e. The van der Waals surface area contributed by atoms with Gasteiger partial charge in [-0.15, -0.1) is 0 Å². The number of carbonyl (C=O) groups is 2. The van der Waals surface area contributed by atoms with Gasteiger partial charge in [-0.25, -0.2) is 0 Å². The minimum Gasteiger partial charge on any atom is -0.462 e. The summed E-state index contributed by atoms with van der Waals surface area (Å²) in [6.07, 6.45) is 8.77. The Morgan fingerprint density at radius 1 is 1.08 bits per heavy atom. The Labute approximate surface area is 145 Å². The Morgan fingerprint density at radius 3 is 2.50 bits per heavy atom. The van der Waals surface area contributed by atoms with Crippen LogP contribution in [0.2, 0.25) is 0 Å². The Balaban J connectivity index is 1.50. The summed E-state index contributed by atoms with van der Waals surface area (Å²) in [6.45, 7) is 2.83. The first-order valence-corrected chi connectivity index (χ1v) is 9.59. The fourth-order valence-corrected chi connectivity index (χ4v) is 4.48. The predicted octanol–water partition coefficient (Wildman–Crippen LogP) is 2.91. The van der Waals surface area contributed by atoms with Gasteiger partial charge in [0.15, 0.2) is 0 Å². The summed E-state index contributed by atoms with van der Waals surface area (Å²) in [7, 11) is 1.72. The second-order valence-corrected chi connectivity index (χ2v) is 7.94. The molecule has 0 N–H and O–H groups in total. The SMILES string of the molecule is CO[C@@H]1CCC[C@@H](OC(=O)[C@H]2CC(=O)N(C3CCC(C)CC3)C2)C1. The van der Waals surface area contributed by atoms with E-state index in [9.17, 15) is 9.59 Å². The minimum absolute atomic E-state index is 0.0455. The Hall–Kier alpha value is -1.10. The molecule has 0 bridgehead atoms. The van der Waals surface area contributed by atoms with Crippen LogP contribution in [0.3, 0.4) is 0 Å². The largest absolute Gasteiger partial charge is 0.462 e. The van der Waals surface area contributed by atoms with Gasteiger partial charge < -0.3 is 14.4 Å². The van der Waals surface area contributed by atoms with Crippen molar-refractivity contribution in [1.29, 1.82) is 0 Å². The maximum Gasteiger partial charge on any atom is 0.311 e. The van der Waals surface area contributed by atoms with Crippen LogP contribution in [0.4, 0.5) is 0 Å². The number of methoxy groups -OCH3 is 1. The number of carbonyl (C=O) groups excluding carboxylic acids is 2. The van der Waals surface area contributed by atoms with Crippen LogP contribution < -0.4 is 0 Å². The van der Waals surface area contributed by atoms with E-state index < -0.39 is 0 Å². The number of esters is 1. The van der Waals surface area contributed by atoms with Crippen molar-refractivity contribution in [1.82, 2.24) is 4.90 Å². The fraction of sp³-hybridized carbons (Fsp3) is 0.895. The van der Waals surface area contributed by atoms with Crippen LogP contribution >= 0.6 is 0 Å². The molecule has 136 valence electrons. The molecular weight excluding hydrogens is 306 g/mol. The second kappa shape index (κ2) is 7.85. The highest BCUT2D eigenvalue weighted by atomic mass is 16.5. The third-order valence-corrected chi connectivity index (χ3v) is 6.11. The number of hydrogen-bond acceptors (Lipinski definition) is 4. The normalized spacial score (nSPS) is 37.5. The molecule has 0 radical (unpaired) electrons. The molecule has 1 aliphatic heterocycles. The lowest BCUT2D eigenvalue weighted by Gasteiger charge is -2.33. The van der Waals surface area contributed by atoms with E-state index >= 15 is 0 Å². The van der Waals surface area contributed by atoms with Gasteiger partial charge in [0.2, 0.25) is 5.91 Å². The summed E-state index contributed by atoms with van der Waals surface area (Å²) in [5.41, 5.74) is 0. The van der Waals surface area contributed by atoms with Crippen LogP contribution in [0.15, 0.2) is 0 Å².